The molecule has 37 heavy (non-hydrogen) atoms. The van der Waals surface area contributed by atoms with Crippen LogP contribution < -0.4 is 14.4 Å². The summed E-state index contributed by atoms with van der Waals surface area (Å²) < 4.78 is 11.1. The van der Waals surface area contributed by atoms with Crippen LogP contribution in [0.5, 0.6) is 11.5 Å². The second-order valence-electron chi connectivity index (χ2n) is 8.80. The lowest BCUT2D eigenvalue weighted by molar-refractivity contribution is -0.132. The molecule has 0 bridgehead atoms. The van der Waals surface area contributed by atoms with E-state index < -0.39 is 17.7 Å². The molecule has 4 rings (SSSR count). The third-order valence-electron chi connectivity index (χ3n) is 6.21. The molecule has 3 aromatic rings. The number of carbonyl (C=O) groups is 3. The van der Waals surface area contributed by atoms with E-state index in [2.05, 4.69) is 4.98 Å². The summed E-state index contributed by atoms with van der Waals surface area (Å²) in [5.74, 6) is -1.23. The van der Waals surface area contributed by atoms with Crippen molar-refractivity contribution in [3.05, 3.63) is 74.8 Å². The molecule has 192 valence electrons. The molecule has 1 saturated heterocycles. The second-order valence-corrected chi connectivity index (χ2v) is 9.78. The van der Waals surface area contributed by atoms with Crippen LogP contribution in [0.1, 0.15) is 57.5 Å². The third-order valence-corrected chi connectivity index (χ3v) is 7.46. The van der Waals surface area contributed by atoms with Crippen LogP contribution in [0.25, 0.3) is 5.76 Å². The number of ether oxygens (including phenoxy) is 2. The maximum atomic E-state index is 13.5. The topological polar surface area (TPSA) is 106 Å². The van der Waals surface area contributed by atoms with Crippen LogP contribution >= 0.6 is 11.3 Å². The molecule has 1 amide bonds. The Hall–Kier alpha value is -3.98. The number of aliphatic hydroxyl groups is 1. The van der Waals surface area contributed by atoms with E-state index in [1.54, 1.807) is 31.2 Å². The number of aliphatic hydroxyl groups excluding tert-OH is 1. The highest BCUT2D eigenvalue weighted by molar-refractivity contribution is 7.18. The Bertz CT molecular complexity index is 1450. The van der Waals surface area contributed by atoms with Crippen LogP contribution in [0.2, 0.25) is 0 Å². The summed E-state index contributed by atoms with van der Waals surface area (Å²) in [6.45, 7) is 9.08. The predicted octanol–water partition coefficient (Wildman–Crippen LogP) is 5.30. The van der Waals surface area contributed by atoms with E-state index >= 15 is 0 Å². The Morgan fingerprint density at radius 2 is 1.84 bits per heavy atom. The molecular weight excluding hydrogens is 492 g/mol. The predicted molar refractivity (Wildman–Crippen MR) is 142 cm³/mol. The second kappa shape index (κ2) is 10.2. The molecular formula is C28H28N2O6S. The summed E-state index contributed by atoms with van der Waals surface area (Å²) in [5, 5.41) is 11.7. The Balaban J connectivity index is 2.00. The number of nitrogens with zero attached hydrogens (tertiary/aromatic N) is 2. The highest BCUT2D eigenvalue weighted by Gasteiger charge is 2.48. The van der Waals surface area contributed by atoms with Crippen molar-refractivity contribution in [2.24, 2.45) is 0 Å². The number of aryl methyl sites for hydroxylation is 3. The first-order chi connectivity index (χ1) is 17.6. The number of amides is 1. The van der Waals surface area contributed by atoms with E-state index in [0.29, 0.717) is 39.8 Å². The number of anilines is 1. The van der Waals surface area contributed by atoms with Crippen LogP contribution in [0, 0.1) is 20.8 Å². The van der Waals surface area contributed by atoms with E-state index in [0.717, 1.165) is 22.5 Å². The molecule has 0 aliphatic carbocycles. The van der Waals surface area contributed by atoms with E-state index in [1.807, 2.05) is 32.9 Å². The van der Waals surface area contributed by atoms with E-state index in [4.69, 9.17) is 9.47 Å². The number of ketones is 2. The van der Waals surface area contributed by atoms with Gasteiger partial charge in [0.2, 0.25) is 0 Å². The van der Waals surface area contributed by atoms with Gasteiger partial charge in [0.15, 0.2) is 22.4 Å². The number of carbonyl (C=O) groups excluding carboxylic acids is 3. The molecule has 1 aliphatic rings. The van der Waals surface area contributed by atoms with Crippen LogP contribution in [-0.4, -0.2) is 41.3 Å². The molecule has 2 heterocycles. The highest BCUT2D eigenvalue weighted by atomic mass is 32.1. The quantitative estimate of drug-likeness (QED) is 0.195. The first-order valence-electron chi connectivity index (χ1n) is 11.8. The average molecular weight is 521 g/mol. The van der Waals surface area contributed by atoms with E-state index in [-0.39, 0.29) is 22.2 Å². The van der Waals surface area contributed by atoms with Gasteiger partial charge in [-0.3, -0.25) is 19.3 Å². The summed E-state index contributed by atoms with van der Waals surface area (Å²) in [6.07, 6.45) is 0. The van der Waals surface area contributed by atoms with Gasteiger partial charge in [0.1, 0.15) is 5.76 Å². The molecule has 1 atom stereocenters. The van der Waals surface area contributed by atoms with Crippen molar-refractivity contribution in [1.82, 2.24) is 4.98 Å². The van der Waals surface area contributed by atoms with Gasteiger partial charge in [-0.25, -0.2) is 4.98 Å². The molecule has 8 nitrogen and oxygen atoms in total. The maximum Gasteiger partial charge on any atom is 0.301 e. The standard InChI is InChI=1S/C28H28N2O6S/c1-7-36-20-11-10-18(13-21(20)35-6)23-22(24(32)19-12-14(2)8-9-15(19)3)25(33)27(34)30(23)28-29-16(4)26(37-28)17(5)31/h8-13,23,32H,7H2,1-6H3. The summed E-state index contributed by atoms with van der Waals surface area (Å²) in [6, 6.07) is 9.62. The van der Waals surface area contributed by atoms with E-state index in [9.17, 15) is 19.5 Å². The van der Waals surface area contributed by atoms with Gasteiger partial charge < -0.3 is 14.6 Å². The number of hydrogen-bond donors (Lipinski definition) is 1. The van der Waals surface area contributed by atoms with Crippen molar-refractivity contribution < 1.29 is 29.0 Å². The van der Waals surface area contributed by atoms with Crippen LogP contribution in [-0.2, 0) is 9.59 Å². The molecule has 1 N–H and O–H groups in total. The number of benzene rings is 2. The van der Waals surface area contributed by atoms with Crippen molar-refractivity contribution in [1.29, 1.82) is 0 Å². The van der Waals surface area contributed by atoms with Crippen molar-refractivity contribution in [2.75, 3.05) is 18.6 Å². The first kappa shape index (κ1) is 26.1. The SMILES string of the molecule is CCOc1ccc(C2C(=C(O)c3cc(C)ccc3C)C(=O)C(=O)N2c2nc(C)c(C(C)=O)s2)cc1OC. The van der Waals surface area contributed by atoms with Crippen molar-refractivity contribution in [2.45, 2.75) is 40.7 Å². The number of thiazole rings is 1. The molecule has 1 fully saturated rings. The summed E-state index contributed by atoms with van der Waals surface area (Å²) >= 11 is 1.04. The number of Topliss-reactive ketones (excluding diaryl/α,β-unsaturated/α-hetero) is 2. The Labute approximate surface area is 219 Å². The van der Waals surface area contributed by atoms with Crippen LogP contribution in [0.4, 0.5) is 5.13 Å². The molecule has 9 heteroatoms. The summed E-state index contributed by atoms with van der Waals surface area (Å²) in [4.78, 5) is 45.2. The number of aromatic nitrogens is 1. The first-order valence-corrected chi connectivity index (χ1v) is 12.6. The van der Waals surface area contributed by atoms with E-state index in [1.165, 1.54) is 18.9 Å². The van der Waals surface area contributed by atoms with Gasteiger partial charge in [0.05, 0.1) is 35.9 Å². The van der Waals surface area contributed by atoms with Crippen molar-refractivity contribution in [3.8, 4) is 11.5 Å². The molecule has 0 saturated carbocycles. The fourth-order valence-corrected chi connectivity index (χ4v) is 5.41. The summed E-state index contributed by atoms with van der Waals surface area (Å²) in [5.41, 5.74) is 3.02. The zero-order valence-corrected chi connectivity index (χ0v) is 22.4. The molecule has 0 radical (unpaired) electrons. The van der Waals surface area contributed by atoms with Crippen molar-refractivity contribution in [3.63, 3.8) is 0 Å². The minimum absolute atomic E-state index is 0.0675. The minimum Gasteiger partial charge on any atom is -0.507 e. The Morgan fingerprint density at radius 1 is 1.11 bits per heavy atom. The zero-order chi connectivity index (χ0) is 27.0. The largest absolute Gasteiger partial charge is 0.507 e. The lowest BCUT2D eigenvalue weighted by Crippen LogP contribution is -2.29. The lowest BCUT2D eigenvalue weighted by Gasteiger charge is -2.24. The normalized spacial score (nSPS) is 16.8. The summed E-state index contributed by atoms with van der Waals surface area (Å²) in [7, 11) is 1.50. The minimum atomic E-state index is -1.00. The lowest BCUT2D eigenvalue weighted by atomic mass is 9.93. The van der Waals surface area contributed by atoms with Gasteiger partial charge in [-0.2, -0.15) is 0 Å². The number of hydrogen-bond acceptors (Lipinski definition) is 8. The van der Waals surface area contributed by atoms with Gasteiger partial charge in [-0.05, 0) is 57.0 Å². The highest BCUT2D eigenvalue weighted by Crippen LogP contribution is 2.45. The van der Waals surface area contributed by atoms with Crippen LogP contribution in [0.15, 0.2) is 42.0 Å². The molecule has 0 spiro atoms. The fraction of sp³-hybridized carbons (Fsp3) is 0.286. The third kappa shape index (κ3) is 4.62. The van der Waals surface area contributed by atoms with Gasteiger partial charge >= 0.3 is 5.91 Å². The monoisotopic (exact) mass is 520 g/mol. The van der Waals surface area contributed by atoms with Gasteiger partial charge in [0, 0.05) is 12.5 Å². The van der Waals surface area contributed by atoms with Gasteiger partial charge in [-0.15, -0.1) is 0 Å². The molecule has 1 aliphatic heterocycles. The molecule has 1 unspecified atom stereocenters. The fourth-order valence-electron chi connectivity index (χ4n) is 4.42. The maximum absolute atomic E-state index is 13.5. The molecule has 1 aromatic heterocycles. The zero-order valence-electron chi connectivity index (χ0n) is 21.5. The Morgan fingerprint density at radius 3 is 2.46 bits per heavy atom. The smallest absolute Gasteiger partial charge is 0.301 e. The van der Waals surface area contributed by atoms with Crippen molar-refractivity contribution >= 4 is 39.7 Å². The number of methoxy groups -OCH3 is 1. The average Bonchev–Trinajstić information content (AvgIpc) is 3.37. The van der Waals surface area contributed by atoms with Gasteiger partial charge in [0.25, 0.3) is 5.78 Å². The Kier molecular flexibility index (Phi) is 7.18. The number of rotatable bonds is 7. The van der Waals surface area contributed by atoms with Gasteiger partial charge in [-0.1, -0.05) is 35.1 Å². The molecule has 2 aromatic carbocycles. The van der Waals surface area contributed by atoms with Crippen LogP contribution in [0.3, 0.4) is 0 Å².